The van der Waals surface area contributed by atoms with Gasteiger partial charge in [-0.15, -0.1) is 0 Å². The molecule has 0 aromatic carbocycles. The van der Waals surface area contributed by atoms with Crippen LogP contribution in [0.5, 0.6) is 0 Å². The van der Waals surface area contributed by atoms with Gasteiger partial charge in [0.2, 0.25) is 0 Å². The Bertz CT molecular complexity index is 176. The van der Waals surface area contributed by atoms with E-state index in [1.807, 2.05) is 0 Å². The van der Waals surface area contributed by atoms with Gasteiger partial charge in [0, 0.05) is 33.4 Å². The standard InChI is InChI=1S/C13H28N2O2/c1-4-5-9-15(11-13(16-2)17-3)10-12-7-6-8-14-12/h12-14H,4-11H2,1-3H3. The summed E-state index contributed by atoms with van der Waals surface area (Å²) in [6.07, 6.45) is 4.98. The summed E-state index contributed by atoms with van der Waals surface area (Å²) in [6.45, 7) is 6.52. The van der Waals surface area contributed by atoms with Crippen LogP contribution < -0.4 is 5.32 Å². The molecular weight excluding hydrogens is 216 g/mol. The Morgan fingerprint density at radius 2 is 2.12 bits per heavy atom. The number of nitrogens with one attached hydrogen (secondary N) is 1. The third-order valence-corrected chi connectivity index (χ3v) is 3.40. The van der Waals surface area contributed by atoms with Crippen molar-refractivity contribution in [2.75, 3.05) is 40.4 Å². The quantitative estimate of drug-likeness (QED) is 0.623. The fourth-order valence-corrected chi connectivity index (χ4v) is 2.32. The van der Waals surface area contributed by atoms with Gasteiger partial charge < -0.3 is 14.8 Å². The lowest BCUT2D eigenvalue weighted by Crippen LogP contribution is -2.42. The van der Waals surface area contributed by atoms with Crippen molar-refractivity contribution in [3.63, 3.8) is 0 Å². The lowest BCUT2D eigenvalue weighted by atomic mass is 10.2. The van der Waals surface area contributed by atoms with Gasteiger partial charge in [-0.1, -0.05) is 13.3 Å². The van der Waals surface area contributed by atoms with Crippen LogP contribution in [0.2, 0.25) is 0 Å². The molecule has 1 rings (SSSR count). The molecule has 0 aliphatic carbocycles. The number of hydrogen-bond acceptors (Lipinski definition) is 4. The average molecular weight is 244 g/mol. The topological polar surface area (TPSA) is 33.7 Å². The minimum Gasteiger partial charge on any atom is -0.355 e. The van der Waals surface area contributed by atoms with Crippen LogP contribution in [0.25, 0.3) is 0 Å². The first-order chi connectivity index (χ1) is 8.30. The summed E-state index contributed by atoms with van der Waals surface area (Å²) in [5.74, 6) is 0. The van der Waals surface area contributed by atoms with Crippen LogP contribution in [-0.2, 0) is 9.47 Å². The molecule has 1 atom stereocenters. The van der Waals surface area contributed by atoms with Crippen molar-refractivity contribution in [3.8, 4) is 0 Å². The van der Waals surface area contributed by atoms with Crippen molar-refractivity contribution in [1.82, 2.24) is 10.2 Å². The number of hydrogen-bond donors (Lipinski definition) is 1. The number of rotatable bonds is 9. The highest BCUT2D eigenvalue weighted by Gasteiger charge is 2.19. The zero-order chi connectivity index (χ0) is 12.5. The molecule has 1 aliphatic rings. The van der Waals surface area contributed by atoms with Crippen molar-refractivity contribution in [2.24, 2.45) is 0 Å². The Labute approximate surface area is 106 Å². The Kier molecular flexibility index (Phi) is 7.77. The van der Waals surface area contributed by atoms with Gasteiger partial charge in [0.05, 0.1) is 0 Å². The molecule has 17 heavy (non-hydrogen) atoms. The average Bonchev–Trinajstić information content (AvgIpc) is 2.85. The lowest BCUT2D eigenvalue weighted by molar-refractivity contribution is -0.116. The monoisotopic (exact) mass is 244 g/mol. The van der Waals surface area contributed by atoms with E-state index in [1.165, 1.54) is 32.2 Å². The van der Waals surface area contributed by atoms with Crippen molar-refractivity contribution in [2.45, 2.75) is 44.9 Å². The molecule has 1 unspecified atom stereocenters. The highest BCUT2D eigenvalue weighted by Crippen LogP contribution is 2.09. The SMILES string of the molecule is CCCCN(CC1CCCN1)CC(OC)OC. The van der Waals surface area contributed by atoms with Gasteiger partial charge in [-0.05, 0) is 32.4 Å². The Morgan fingerprint density at radius 3 is 2.65 bits per heavy atom. The van der Waals surface area contributed by atoms with E-state index in [4.69, 9.17) is 9.47 Å². The van der Waals surface area contributed by atoms with Crippen LogP contribution in [-0.4, -0.2) is 57.6 Å². The summed E-state index contributed by atoms with van der Waals surface area (Å²) >= 11 is 0. The zero-order valence-electron chi connectivity index (χ0n) is 11.6. The first kappa shape index (κ1) is 14.9. The Morgan fingerprint density at radius 1 is 1.35 bits per heavy atom. The second-order valence-corrected chi connectivity index (χ2v) is 4.81. The molecule has 1 heterocycles. The molecule has 0 bridgehead atoms. The largest absolute Gasteiger partial charge is 0.355 e. The van der Waals surface area contributed by atoms with Crippen LogP contribution in [0.15, 0.2) is 0 Å². The summed E-state index contributed by atoms with van der Waals surface area (Å²) in [4.78, 5) is 2.46. The van der Waals surface area contributed by atoms with Crippen molar-refractivity contribution in [1.29, 1.82) is 0 Å². The molecule has 0 radical (unpaired) electrons. The van der Waals surface area contributed by atoms with Gasteiger partial charge in [-0.25, -0.2) is 0 Å². The van der Waals surface area contributed by atoms with Crippen LogP contribution >= 0.6 is 0 Å². The molecule has 0 aromatic heterocycles. The molecule has 1 N–H and O–H groups in total. The maximum Gasteiger partial charge on any atom is 0.169 e. The van der Waals surface area contributed by atoms with Gasteiger partial charge in [-0.2, -0.15) is 0 Å². The molecule has 0 spiro atoms. The highest BCUT2D eigenvalue weighted by atomic mass is 16.7. The molecule has 1 fully saturated rings. The first-order valence-electron chi connectivity index (χ1n) is 6.81. The molecular formula is C13H28N2O2. The minimum atomic E-state index is -0.103. The van der Waals surface area contributed by atoms with Crippen molar-refractivity contribution >= 4 is 0 Å². The minimum absolute atomic E-state index is 0.103. The van der Waals surface area contributed by atoms with Crippen LogP contribution in [0.4, 0.5) is 0 Å². The molecule has 4 nitrogen and oxygen atoms in total. The number of methoxy groups -OCH3 is 2. The third-order valence-electron chi connectivity index (χ3n) is 3.40. The maximum absolute atomic E-state index is 5.29. The normalized spacial score (nSPS) is 20.6. The molecule has 0 amide bonds. The van der Waals surface area contributed by atoms with E-state index >= 15 is 0 Å². The van der Waals surface area contributed by atoms with E-state index in [0.29, 0.717) is 6.04 Å². The fourth-order valence-electron chi connectivity index (χ4n) is 2.32. The van der Waals surface area contributed by atoms with E-state index < -0.39 is 0 Å². The predicted octanol–water partition coefficient (Wildman–Crippen LogP) is 1.46. The third kappa shape index (κ3) is 5.82. The van der Waals surface area contributed by atoms with Gasteiger partial charge >= 0.3 is 0 Å². The summed E-state index contributed by atoms with van der Waals surface area (Å²) < 4.78 is 10.6. The van der Waals surface area contributed by atoms with Crippen molar-refractivity contribution < 1.29 is 9.47 Å². The van der Waals surface area contributed by atoms with E-state index in [9.17, 15) is 0 Å². The van der Waals surface area contributed by atoms with Gasteiger partial charge in [0.1, 0.15) is 0 Å². The van der Waals surface area contributed by atoms with Crippen LogP contribution in [0, 0.1) is 0 Å². The lowest BCUT2D eigenvalue weighted by Gasteiger charge is -2.28. The highest BCUT2D eigenvalue weighted by molar-refractivity contribution is 4.78. The summed E-state index contributed by atoms with van der Waals surface area (Å²) in [5, 5.41) is 3.55. The van der Waals surface area contributed by atoms with E-state index in [1.54, 1.807) is 14.2 Å². The smallest absolute Gasteiger partial charge is 0.169 e. The first-order valence-corrected chi connectivity index (χ1v) is 6.81. The van der Waals surface area contributed by atoms with Crippen LogP contribution in [0.1, 0.15) is 32.6 Å². The molecule has 1 aliphatic heterocycles. The molecule has 4 heteroatoms. The van der Waals surface area contributed by atoms with Crippen LogP contribution in [0.3, 0.4) is 0 Å². The molecule has 0 saturated carbocycles. The van der Waals surface area contributed by atoms with Gasteiger partial charge in [0.15, 0.2) is 6.29 Å². The molecule has 102 valence electrons. The number of ether oxygens (including phenoxy) is 2. The van der Waals surface area contributed by atoms with E-state index in [2.05, 4.69) is 17.1 Å². The summed E-state index contributed by atoms with van der Waals surface area (Å²) in [7, 11) is 3.42. The van der Waals surface area contributed by atoms with E-state index in [0.717, 1.165) is 19.6 Å². The van der Waals surface area contributed by atoms with Crippen molar-refractivity contribution in [3.05, 3.63) is 0 Å². The maximum atomic E-state index is 5.29. The summed E-state index contributed by atoms with van der Waals surface area (Å²) in [5.41, 5.74) is 0. The van der Waals surface area contributed by atoms with Gasteiger partial charge in [-0.3, -0.25) is 4.90 Å². The molecule has 1 saturated heterocycles. The molecule has 0 aromatic rings. The van der Waals surface area contributed by atoms with E-state index in [-0.39, 0.29) is 6.29 Å². The zero-order valence-corrected chi connectivity index (χ0v) is 11.6. The second-order valence-electron chi connectivity index (χ2n) is 4.81. The second kappa shape index (κ2) is 8.86. The number of nitrogens with zero attached hydrogens (tertiary/aromatic N) is 1. The van der Waals surface area contributed by atoms with Gasteiger partial charge in [0.25, 0.3) is 0 Å². The fraction of sp³-hybridized carbons (Fsp3) is 1.00. The predicted molar refractivity (Wildman–Crippen MR) is 70.2 cm³/mol. The summed E-state index contributed by atoms with van der Waals surface area (Å²) in [6, 6.07) is 0.654. The number of unbranched alkanes of at least 4 members (excludes halogenated alkanes) is 1. The Balaban J connectivity index is 2.34. The Hall–Kier alpha value is -0.160.